The van der Waals surface area contributed by atoms with Crippen LogP contribution in [-0.2, 0) is 9.47 Å². The van der Waals surface area contributed by atoms with Gasteiger partial charge in [-0.15, -0.1) is 0 Å². The van der Waals surface area contributed by atoms with E-state index in [2.05, 4.69) is 31.0 Å². The van der Waals surface area contributed by atoms with Gasteiger partial charge in [0.2, 0.25) is 0 Å². The zero-order valence-electron chi connectivity index (χ0n) is 14.7. The van der Waals surface area contributed by atoms with Crippen molar-refractivity contribution < 1.29 is 9.47 Å². The molecule has 1 rings (SSSR count). The molecule has 0 saturated carbocycles. The minimum atomic E-state index is 0.309. The molecule has 0 atom stereocenters. The number of methoxy groups -OCH3 is 1. The average Bonchev–Trinajstić information content (AvgIpc) is 2.48. The minimum absolute atomic E-state index is 0.309. The molecule has 1 N–H and O–H groups in total. The van der Waals surface area contributed by atoms with Gasteiger partial charge in [-0.1, -0.05) is 0 Å². The van der Waals surface area contributed by atoms with Gasteiger partial charge in [-0.25, -0.2) is 0 Å². The van der Waals surface area contributed by atoms with Crippen molar-refractivity contribution in [3.63, 3.8) is 0 Å². The Morgan fingerprint density at radius 1 is 1.27 bits per heavy atom. The Labute approximate surface area is 140 Å². The van der Waals surface area contributed by atoms with Crippen molar-refractivity contribution in [1.29, 1.82) is 0 Å². The zero-order chi connectivity index (χ0) is 16.3. The highest BCUT2D eigenvalue weighted by Gasteiger charge is 2.28. The lowest BCUT2D eigenvalue weighted by molar-refractivity contribution is 0.0690. The van der Waals surface area contributed by atoms with Gasteiger partial charge in [0.15, 0.2) is 5.96 Å². The fourth-order valence-corrected chi connectivity index (χ4v) is 3.48. The molecule has 0 aromatic carbocycles. The summed E-state index contributed by atoms with van der Waals surface area (Å²) in [5, 5.41) is 3.43. The molecule has 1 heterocycles. The predicted molar refractivity (Wildman–Crippen MR) is 96.0 cm³/mol. The van der Waals surface area contributed by atoms with Crippen LogP contribution < -0.4 is 5.32 Å². The number of rotatable bonds is 9. The number of hydrogen-bond acceptors (Lipinski definition) is 4. The first kappa shape index (κ1) is 19.6. The summed E-state index contributed by atoms with van der Waals surface area (Å²) >= 11 is 2.05. The van der Waals surface area contributed by atoms with Crippen LogP contribution in [0.25, 0.3) is 0 Å². The summed E-state index contributed by atoms with van der Waals surface area (Å²) in [6, 6.07) is 0. The number of aliphatic imine (C=N–C) groups is 1. The molecule has 0 aromatic rings. The normalized spacial score (nSPS) is 18.5. The Balaban J connectivity index is 2.29. The Morgan fingerprint density at radius 3 is 2.77 bits per heavy atom. The Bertz CT molecular complexity index is 325. The Hall–Kier alpha value is -0.460. The molecule has 0 aromatic heterocycles. The second-order valence-electron chi connectivity index (χ2n) is 6.08. The number of unbranched alkanes of at least 4 members (excludes halogenated alkanes) is 1. The van der Waals surface area contributed by atoms with Gasteiger partial charge in [0, 0.05) is 50.4 Å². The highest BCUT2D eigenvalue weighted by atomic mass is 32.2. The van der Waals surface area contributed by atoms with Crippen molar-refractivity contribution in [2.45, 2.75) is 38.4 Å². The number of guanidine groups is 1. The molecule has 1 aliphatic heterocycles. The third-order valence-corrected chi connectivity index (χ3v) is 4.75. The smallest absolute Gasteiger partial charge is 0.193 e. The van der Waals surface area contributed by atoms with Crippen LogP contribution in [0.4, 0.5) is 0 Å². The number of thioether (sulfide) groups is 1. The van der Waals surface area contributed by atoms with Crippen LogP contribution in [0.1, 0.15) is 33.6 Å². The van der Waals surface area contributed by atoms with Gasteiger partial charge in [-0.2, -0.15) is 11.8 Å². The van der Waals surface area contributed by atoms with E-state index in [0.29, 0.717) is 18.0 Å². The molecule has 1 fully saturated rings. The monoisotopic (exact) mass is 331 g/mol. The molecule has 1 saturated heterocycles. The zero-order valence-corrected chi connectivity index (χ0v) is 15.5. The van der Waals surface area contributed by atoms with E-state index >= 15 is 0 Å². The predicted octanol–water partition coefficient (Wildman–Crippen LogP) is 2.22. The molecular weight excluding hydrogens is 298 g/mol. The SMILES string of the molecule is CCNC(=NCCCCOCCOC)N1CCSC(C)(C)C1. The lowest BCUT2D eigenvalue weighted by Crippen LogP contribution is -2.51. The third-order valence-electron chi connectivity index (χ3n) is 3.45. The summed E-state index contributed by atoms with van der Waals surface area (Å²) in [5.74, 6) is 2.24. The van der Waals surface area contributed by atoms with Gasteiger partial charge in [-0.3, -0.25) is 4.99 Å². The topological polar surface area (TPSA) is 46.1 Å². The Morgan fingerprint density at radius 2 is 2.09 bits per heavy atom. The summed E-state index contributed by atoms with van der Waals surface area (Å²) in [6.45, 7) is 12.8. The molecule has 0 spiro atoms. The van der Waals surface area contributed by atoms with Crippen LogP contribution in [0, 0.1) is 0 Å². The fourth-order valence-electron chi connectivity index (χ4n) is 2.37. The van der Waals surface area contributed by atoms with E-state index in [9.17, 15) is 0 Å². The second kappa shape index (κ2) is 11.1. The van der Waals surface area contributed by atoms with E-state index in [-0.39, 0.29) is 0 Å². The van der Waals surface area contributed by atoms with Crippen molar-refractivity contribution in [1.82, 2.24) is 10.2 Å². The van der Waals surface area contributed by atoms with E-state index in [4.69, 9.17) is 14.5 Å². The molecule has 22 heavy (non-hydrogen) atoms. The van der Waals surface area contributed by atoms with Crippen LogP contribution in [-0.4, -0.2) is 74.5 Å². The number of hydrogen-bond donors (Lipinski definition) is 1. The van der Waals surface area contributed by atoms with Gasteiger partial charge >= 0.3 is 0 Å². The maximum Gasteiger partial charge on any atom is 0.193 e. The first-order valence-corrected chi connectivity index (χ1v) is 9.31. The first-order chi connectivity index (χ1) is 10.6. The lowest BCUT2D eigenvalue weighted by Gasteiger charge is -2.39. The van der Waals surface area contributed by atoms with E-state index in [0.717, 1.165) is 51.6 Å². The molecule has 0 aliphatic carbocycles. The summed E-state index contributed by atoms with van der Waals surface area (Å²) < 4.78 is 10.7. The maximum absolute atomic E-state index is 5.47. The van der Waals surface area contributed by atoms with E-state index in [1.807, 2.05) is 11.8 Å². The molecule has 0 amide bonds. The average molecular weight is 332 g/mol. The number of ether oxygens (including phenoxy) is 2. The summed E-state index contributed by atoms with van der Waals surface area (Å²) in [4.78, 5) is 7.18. The van der Waals surface area contributed by atoms with Gasteiger partial charge in [0.25, 0.3) is 0 Å². The lowest BCUT2D eigenvalue weighted by atomic mass is 10.2. The van der Waals surface area contributed by atoms with E-state index in [1.165, 1.54) is 5.75 Å². The van der Waals surface area contributed by atoms with Crippen LogP contribution in [0.5, 0.6) is 0 Å². The Kier molecular flexibility index (Phi) is 9.91. The highest BCUT2D eigenvalue weighted by molar-refractivity contribution is 8.00. The van der Waals surface area contributed by atoms with Gasteiger partial charge < -0.3 is 19.7 Å². The molecule has 5 nitrogen and oxygen atoms in total. The summed E-state index contributed by atoms with van der Waals surface area (Å²) in [6.07, 6.45) is 2.11. The van der Waals surface area contributed by atoms with Crippen molar-refractivity contribution in [2.24, 2.45) is 4.99 Å². The molecule has 0 bridgehead atoms. The van der Waals surface area contributed by atoms with Crippen LogP contribution in [0.2, 0.25) is 0 Å². The standard InChI is InChI=1S/C16H33N3O2S/c1-5-17-15(19-9-13-22-16(2,3)14-19)18-8-6-7-10-21-12-11-20-4/h5-14H2,1-4H3,(H,17,18). The maximum atomic E-state index is 5.47. The van der Waals surface area contributed by atoms with Crippen molar-refractivity contribution in [3.8, 4) is 0 Å². The molecule has 0 unspecified atom stereocenters. The van der Waals surface area contributed by atoms with E-state index in [1.54, 1.807) is 7.11 Å². The fraction of sp³-hybridized carbons (Fsp3) is 0.938. The van der Waals surface area contributed by atoms with Gasteiger partial charge in [-0.05, 0) is 33.6 Å². The quantitative estimate of drug-likeness (QED) is 0.399. The number of nitrogens with one attached hydrogen (secondary N) is 1. The number of nitrogens with zero attached hydrogens (tertiary/aromatic N) is 2. The van der Waals surface area contributed by atoms with Gasteiger partial charge in [0.05, 0.1) is 13.2 Å². The first-order valence-electron chi connectivity index (χ1n) is 8.33. The van der Waals surface area contributed by atoms with Crippen LogP contribution >= 0.6 is 11.8 Å². The second-order valence-corrected chi connectivity index (χ2v) is 7.88. The molecule has 0 radical (unpaired) electrons. The van der Waals surface area contributed by atoms with Crippen molar-refractivity contribution in [2.75, 3.05) is 58.9 Å². The molecule has 1 aliphatic rings. The largest absolute Gasteiger partial charge is 0.382 e. The summed E-state index contributed by atoms with van der Waals surface area (Å²) in [7, 11) is 1.70. The van der Waals surface area contributed by atoms with Crippen molar-refractivity contribution >= 4 is 17.7 Å². The molecule has 130 valence electrons. The van der Waals surface area contributed by atoms with E-state index < -0.39 is 0 Å². The van der Waals surface area contributed by atoms with Gasteiger partial charge in [0.1, 0.15) is 0 Å². The van der Waals surface area contributed by atoms with Crippen molar-refractivity contribution in [3.05, 3.63) is 0 Å². The minimum Gasteiger partial charge on any atom is -0.382 e. The summed E-state index contributed by atoms with van der Waals surface area (Å²) in [5.41, 5.74) is 0. The van der Waals surface area contributed by atoms with Crippen LogP contribution in [0.15, 0.2) is 4.99 Å². The molecular formula is C16H33N3O2S. The molecule has 6 heteroatoms. The highest BCUT2D eigenvalue weighted by Crippen LogP contribution is 2.29. The third kappa shape index (κ3) is 8.25. The van der Waals surface area contributed by atoms with Crippen LogP contribution in [0.3, 0.4) is 0 Å².